The Bertz CT molecular complexity index is 835. The van der Waals surface area contributed by atoms with Crippen molar-refractivity contribution in [2.75, 3.05) is 40.4 Å². The third-order valence-corrected chi connectivity index (χ3v) is 3.84. The minimum atomic E-state index is -0.538. The van der Waals surface area contributed by atoms with Gasteiger partial charge in [-0.2, -0.15) is 0 Å². The fourth-order valence-electron chi connectivity index (χ4n) is 2.44. The summed E-state index contributed by atoms with van der Waals surface area (Å²) in [6.07, 6.45) is -0.000505. The molecular weight excluding hydrogens is 366 g/mol. The van der Waals surface area contributed by atoms with E-state index in [1.54, 1.807) is 36.4 Å². The number of rotatable bonds is 9. The van der Waals surface area contributed by atoms with Crippen LogP contribution in [0.15, 0.2) is 36.4 Å². The largest absolute Gasteiger partial charge is 0.497 e. The van der Waals surface area contributed by atoms with Crippen LogP contribution in [-0.4, -0.2) is 46.9 Å². The Morgan fingerprint density at radius 3 is 2.18 bits per heavy atom. The van der Waals surface area contributed by atoms with Crippen LogP contribution in [0.4, 0.5) is 5.69 Å². The summed E-state index contributed by atoms with van der Waals surface area (Å²) >= 11 is 0. The number of carbonyl (C=O) groups excluding carboxylic acids is 2. The van der Waals surface area contributed by atoms with Gasteiger partial charge in [0, 0.05) is 6.07 Å². The van der Waals surface area contributed by atoms with Crippen molar-refractivity contribution in [2.45, 2.75) is 6.42 Å². The van der Waals surface area contributed by atoms with E-state index in [9.17, 15) is 9.59 Å². The molecule has 0 aliphatic rings. The molecule has 0 saturated heterocycles. The Hall–Kier alpha value is -3.42. The zero-order valence-electron chi connectivity index (χ0n) is 16.2. The molecule has 0 aliphatic carbocycles. The van der Waals surface area contributed by atoms with Crippen molar-refractivity contribution in [1.29, 1.82) is 0 Å². The number of hydrogen-bond acceptors (Lipinski definition) is 7. The van der Waals surface area contributed by atoms with Gasteiger partial charge in [-0.3, -0.25) is 9.59 Å². The maximum atomic E-state index is 12.1. The highest BCUT2D eigenvalue weighted by Gasteiger charge is 2.13. The quantitative estimate of drug-likeness (QED) is 0.659. The molecule has 0 saturated carbocycles. The summed E-state index contributed by atoms with van der Waals surface area (Å²) in [4.78, 5) is 24.1. The molecule has 2 aromatic carbocycles. The summed E-state index contributed by atoms with van der Waals surface area (Å²) in [5.74, 6) is 1.08. The Labute approximate surface area is 163 Å². The monoisotopic (exact) mass is 389 g/mol. The van der Waals surface area contributed by atoms with E-state index in [1.807, 2.05) is 0 Å². The van der Waals surface area contributed by atoms with Gasteiger partial charge < -0.3 is 29.0 Å². The zero-order chi connectivity index (χ0) is 20.5. The number of amides is 1. The van der Waals surface area contributed by atoms with E-state index in [2.05, 4.69) is 5.32 Å². The van der Waals surface area contributed by atoms with E-state index < -0.39 is 18.5 Å². The summed E-state index contributed by atoms with van der Waals surface area (Å²) in [6.45, 7) is -0.415. The van der Waals surface area contributed by atoms with Gasteiger partial charge in [0.1, 0.15) is 11.5 Å². The third kappa shape index (κ3) is 5.54. The van der Waals surface area contributed by atoms with Crippen molar-refractivity contribution in [2.24, 2.45) is 0 Å². The van der Waals surface area contributed by atoms with Gasteiger partial charge in [0.2, 0.25) is 0 Å². The van der Waals surface area contributed by atoms with Gasteiger partial charge in [-0.15, -0.1) is 0 Å². The first-order chi connectivity index (χ1) is 13.5. The molecule has 0 aliphatic heterocycles. The highest BCUT2D eigenvalue weighted by molar-refractivity contribution is 5.94. The summed E-state index contributed by atoms with van der Waals surface area (Å²) in [6, 6.07) is 10.1. The summed E-state index contributed by atoms with van der Waals surface area (Å²) in [5, 5.41) is 2.63. The molecule has 1 amide bonds. The summed E-state index contributed by atoms with van der Waals surface area (Å²) in [5.41, 5.74) is 1.13. The van der Waals surface area contributed by atoms with Crippen molar-refractivity contribution >= 4 is 17.6 Å². The van der Waals surface area contributed by atoms with Gasteiger partial charge in [-0.1, -0.05) is 6.07 Å². The van der Waals surface area contributed by atoms with Crippen molar-refractivity contribution in [1.82, 2.24) is 0 Å². The smallest absolute Gasteiger partial charge is 0.310 e. The number of ether oxygens (including phenoxy) is 5. The van der Waals surface area contributed by atoms with E-state index in [0.29, 0.717) is 34.2 Å². The molecule has 0 unspecified atom stereocenters. The fourth-order valence-corrected chi connectivity index (χ4v) is 2.44. The fraction of sp³-hybridized carbons (Fsp3) is 0.300. The standard InChI is InChI=1S/C20H23NO7/c1-24-14-6-7-15(17(11-14)26-3)21-19(22)12-28-20(23)10-13-5-8-16(25-2)18(9-13)27-4/h5-9,11H,10,12H2,1-4H3,(H,21,22). The Kier molecular flexibility index (Phi) is 7.50. The SMILES string of the molecule is COc1ccc(NC(=O)COC(=O)Cc2ccc(OC)c(OC)c2)c(OC)c1. The molecule has 0 radical (unpaired) electrons. The lowest BCUT2D eigenvalue weighted by molar-refractivity contribution is -0.146. The maximum absolute atomic E-state index is 12.1. The maximum Gasteiger partial charge on any atom is 0.310 e. The lowest BCUT2D eigenvalue weighted by Gasteiger charge is -2.12. The summed E-state index contributed by atoms with van der Waals surface area (Å²) in [7, 11) is 6.05. The minimum Gasteiger partial charge on any atom is -0.497 e. The molecule has 0 aromatic heterocycles. The lowest BCUT2D eigenvalue weighted by atomic mass is 10.1. The molecule has 2 rings (SSSR count). The molecular formula is C20H23NO7. The summed E-state index contributed by atoms with van der Waals surface area (Å²) < 4.78 is 25.7. The first kappa shape index (κ1) is 20.9. The van der Waals surface area contributed by atoms with E-state index >= 15 is 0 Å². The number of methoxy groups -OCH3 is 4. The van der Waals surface area contributed by atoms with Gasteiger partial charge in [0.15, 0.2) is 18.1 Å². The van der Waals surface area contributed by atoms with Crippen molar-refractivity contribution in [3.8, 4) is 23.0 Å². The Balaban J connectivity index is 1.90. The van der Waals surface area contributed by atoms with E-state index in [4.69, 9.17) is 23.7 Å². The van der Waals surface area contributed by atoms with Crippen molar-refractivity contribution in [3.63, 3.8) is 0 Å². The highest BCUT2D eigenvalue weighted by atomic mass is 16.5. The molecule has 2 aromatic rings. The average molecular weight is 389 g/mol. The average Bonchev–Trinajstić information content (AvgIpc) is 2.72. The number of esters is 1. The topological polar surface area (TPSA) is 92.3 Å². The molecule has 8 heteroatoms. The first-order valence-electron chi connectivity index (χ1n) is 8.39. The Morgan fingerprint density at radius 2 is 1.54 bits per heavy atom. The van der Waals surface area contributed by atoms with Crippen LogP contribution in [0.5, 0.6) is 23.0 Å². The second-order valence-corrected chi connectivity index (χ2v) is 5.64. The number of carbonyl (C=O) groups is 2. The number of benzene rings is 2. The van der Waals surface area contributed by atoms with Crippen LogP contribution < -0.4 is 24.3 Å². The van der Waals surface area contributed by atoms with E-state index in [-0.39, 0.29) is 6.42 Å². The second-order valence-electron chi connectivity index (χ2n) is 5.64. The van der Waals surface area contributed by atoms with Gasteiger partial charge in [-0.05, 0) is 29.8 Å². The van der Waals surface area contributed by atoms with Crippen LogP contribution in [0.25, 0.3) is 0 Å². The molecule has 0 atom stereocenters. The van der Waals surface area contributed by atoms with Gasteiger partial charge >= 0.3 is 5.97 Å². The number of hydrogen-bond donors (Lipinski definition) is 1. The first-order valence-corrected chi connectivity index (χ1v) is 8.39. The van der Waals surface area contributed by atoms with Crippen LogP contribution in [0.3, 0.4) is 0 Å². The highest BCUT2D eigenvalue weighted by Crippen LogP contribution is 2.29. The van der Waals surface area contributed by atoms with Crippen molar-refractivity contribution in [3.05, 3.63) is 42.0 Å². The number of nitrogens with one attached hydrogen (secondary N) is 1. The third-order valence-electron chi connectivity index (χ3n) is 3.84. The Morgan fingerprint density at radius 1 is 0.821 bits per heavy atom. The van der Waals surface area contributed by atoms with Crippen molar-refractivity contribution < 1.29 is 33.3 Å². The molecule has 1 N–H and O–H groups in total. The van der Waals surface area contributed by atoms with Crippen LogP contribution >= 0.6 is 0 Å². The van der Waals surface area contributed by atoms with E-state index in [0.717, 1.165) is 0 Å². The van der Waals surface area contributed by atoms with Crippen LogP contribution in [0.1, 0.15) is 5.56 Å². The molecule has 0 spiro atoms. The van der Waals surface area contributed by atoms with Gasteiger partial charge in [-0.25, -0.2) is 0 Å². The normalized spacial score (nSPS) is 10.0. The predicted molar refractivity (Wildman–Crippen MR) is 102 cm³/mol. The second kappa shape index (κ2) is 10.1. The molecule has 0 fully saturated rings. The zero-order valence-corrected chi connectivity index (χ0v) is 16.2. The molecule has 0 bridgehead atoms. The molecule has 8 nitrogen and oxygen atoms in total. The van der Waals surface area contributed by atoms with Crippen LogP contribution in [0, 0.1) is 0 Å². The molecule has 150 valence electrons. The predicted octanol–water partition coefficient (Wildman–Crippen LogP) is 2.45. The molecule has 0 heterocycles. The minimum absolute atomic E-state index is 0.000505. The van der Waals surface area contributed by atoms with Gasteiger partial charge in [0.05, 0.1) is 40.5 Å². The van der Waals surface area contributed by atoms with Gasteiger partial charge in [0.25, 0.3) is 5.91 Å². The van der Waals surface area contributed by atoms with Crippen LogP contribution in [-0.2, 0) is 20.7 Å². The molecule has 28 heavy (non-hydrogen) atoms. The van der Waals surface area contributed by atoms with Crippen LogP contribution in [0.2, 0.25) is 0 Å². The van der Waals surface area contributed by atoms with E-state index in [1.165, 1.54) is 28.4 Å². The lowest BCUT2D eigenvalue weighted by Crippen LogP contribution is -2.22. The number of anilines is 1.